The van der Waals surface area contributed by atoms with Crippen LogP contribution in [0, 0.1) is 5.92 Å². The average molecular weight is 403 g/mol. The molecule has 0 atom stereocenters. The van der Waals surface area contributed by atoms with Gasteiger partial charge >= 0.3 is 0 Å². The molecular weight excluding hydrogens is 378 g/mol. The summed E-state index contributed by atoms with van der Waals surface area (Å²) in [7, 11) is 2.09. The molecule has 7 nitrogen and oxygen atoms in total. The first-order valence-corrected chi connectivity index (χ1v) is 10.2. The van der Waals surface area contributed by atoms with Crippen molar-refractivity contribution in [2.24, 2.45) is 5.92 Å². The number of pyridine rings is 3. The first-order valence-electron chi connectivity index (χ1n) is 10.2. The Hall–Kier alpha value is -3.19. The summed E-state index contributed by atoms with van der Waals surface area (Å²) < 4.78 is 0. The number of hydrogen-bond donors (Lipinski definition) is 1. The van der Waals surface area contributed by atoms with Crippen molar-refractivity contribution in [1.82, 2.24) is 19.9 Å². The number of Topliss-reactive ketones (excluding diaryl/α,β-unsaturated/α-hetero) is 1. The molecule has 4 heterocycles. The number of piperidine rings is 1. The summed E-state index contributed by atoms with van der Waals surface area (Å²) in [5.74, 6) is 0.257. The molecule has 0 saturated carbocycles. The number of likely N-dealkylation sites (tertiary alicyclic amines) is 1. The zero-order valence-electron chi connectivity index (χ0n) is 17.3. The van der Waals surface area contributed by atoms with Gasteiger partial charge in [-0.3, -0.25) is 24.5 Å². The average Bonchev–Trinajstić information content (AvgIpc) is 2.73. The third-order valence-corrected chi connectivity index (χ3v) is 5.55. The van der Waals surface area contributed by atoms with Crippen molar-refractivity contribution in [3.63, 3.8) is 0 Å². The molecule has 3 aromatic rings. The first-order chi connectivity index (χ1) is 14.5. The van der Waals surface area contributed by atoms with Gasteiger partial charge in [-0.05, 0) is 51.2 Å². The van der Waals surface area contributed by atoms with Crippen molar-refractivity contribution < 1.29 is 9.59 Å². The number of amides is 1. The van der Waals surface area contributed by atoms with Gasteiger partial charge in [-0.1, -0.05) is 0 Å². The minimum atomic E-state index is -0.143. The number of nitrogens with one attached hydrogen (secondary N) is 1. The second-order valence-electron chi connectivity index (χ2n) is 7.96. The van der Waals surface area contributed by atoms with Gasteiger partial charge in [0.05, 0.1) is 23.6 Å². The molecule has 3 aromatic heterocycles. The van der Waals surface area contributed by atoms with E-state index >= 15 is 0 Å². The fourth-order valence-corrected chi connectivity index (χ4v) is 3.85. The van der Waals surface area contributed by atoms with Crippen LogP contribution in [0.15, 0.2) is 43.0 Å². The molecule has 0 spiro atoms. The van der Waals surface area contributed by atoms with Gasteiger partial charge in [-0.15, -0.1) is 0 Å². The van der Waals surface area contributed by atoms with Gasteiger partial charge in [-0.2, -0.15) is 0 Å². The molecule has 1 saturated heterocycles. The third kappa shape index (κ3) is 4.68. The zero-order valence-corrected chi connectivity index (χ0v) is 17.3. The normalized spacial score (nSPS) is 15.3. The lowest BCUT2D eigenvalue weighted by atomic mass is 9.90. The van der Waals surface area contributed by atoms with Crippen LogP contribution >= 0.6 is 0 Å². The molecule has 0 unspecified atom stereocenters. The van der Waals surface area contributed by atoms with Crippen molar-refractivity contribution in [2.45, 2.75) is 26.2 Å². The number of anilines is 1. The maximum Gasteiger partial charge on any atom is 0.221 e. The van der Waals surface area contributed by atoms with Gasteiger partial charge in [0.1, 0.15) is 5.78 Å². The van der Waals surface area contributed by atoms with Gasteiger partial charge in [0.2, 0.25) is 5.91 Å². The highest BCUT2D eigenvalue weighted by Crippen LogP contribution is 2.25. The summed E-state index contributed by atoms with van der Waals surface area (Å²) in [6.07, 6.45) is 9.03. The molecule has 1 amide bonds. The minimum Gasteiger partial charge on any atom is -0.325 e. The maximum atomic E-state index is 12.7. The fraction of sp³-hybridized carbons (Fsp3) is 0.348. The number of aromatic nitrogens is 3. The Morgan fingerprint density at radius 3 is 2.57 bits per heavy atom. The summed E-state index contributed by atoms with van der Waals surface area (Å²) >= 11 is 0. The molecule has 1 aliphatic heterocycles. The predicted octanol–water partition coefficient (Wildman–Crippen LogP) is 3.10. The molecule has 1 aliphatic rings. The molecule has 154 valence electrons. The molecule has 7 heteroatoms. The van der Waals surface area contributed by atoms with Crippen LogP contribution in [0.2, 0.25) is 0 Å². The van der Waals surface area contributed by atoms with Gasteiger partial charge in [0.15, 0.2) is 0 Å². The van der Waals surface area contributed by atoms with Gasteiger partial charge in [-0.25, -0.2) is 0 Å². The number of nitrogens with zero attached hydrogens (tertiary/aromatic N) is 4. The number of fused-ring (bicyclic) bond motifs is 1. The predicted molar refractivity (Wildman–Crippen MR) is 116 cm³/mol. The van der Waals surface area contributed by atoms with Crippen molar-refractivity contribution >= 4 is 28.3 Å². The molecule has 0 aromatic carbocycles. The van der Waals surface area contributed by atoms with Crippen LogP contribution in [0.5, 0.6) is 0 Å². The Balaban J connectivity index is 1.55. The van der Waals surface area contributed by atoms with Crippen LogP contribution in [0.3, 0.4) is 0 Å². The molecule has 0 bridgehead atoms. The number of carbonyl (C=O) groups excluding carboxylic acids is 2. The lowest BCUT2D eigenvalue weighted by molar-refractivity contribution is -0.123. The summed E-state index contributed by atoms with van der Waals surface area (Å²) in [5.41, 5.74) is 3.94. The van der Waals surface area contributed by atoms with E-state index < -0.39 is 0 Å². The number of carbonyl (C=O) groups is 2. The highest BCUT2D eigenvalue weighted by atomic mass is 16.1. The number of rotatable bonds is 5. The van der Waals surface area contributed by atoms with E-state index in [1.807, 2.05) is 18.2 Å². The molecule has 1 fully saturated rings. The van der Waals surface area contributed by atoms with Crippen LogP contribution in [0.4, 0.5) is 5.69 Å². The Labute approximate surface area is 175 Å². The van der Waals surface area contributed by atoms with Gasteiger partial charge in [0, 0.05) is 53.9 Å². The van der Waals surface area contributed by atoms with Crippen LogP contribution < -0.4 is 5.32 Å². The Morgan fingerprint density at radius 2 is 1.80 bits per heavy atom. The van der Waals surface area contributed by atoms with E-state index in [4.69, 9.17) is 0 Å². The number of ketones is 1. The lowest BCUT2D eigenvalue weighted by Gasteiger charge is -2.27. The van der Waals surface area contributed by atoms with Gasteiger partial charge in [0.25, 0.3) is 0 Å². The standard InChI is InChI=1S/C23H25N5O2/c1-15(29)27-21-9-19(11-24-13-21)18-7-17-8-20(25-14-22(17)26-12-18)10-23(30)16-3-5-28(2)6-4-16/h7-9,11-14,16H,3-6,10H2,1-2H3,(H,27,29). The van der Waals surface area contributed by atoms with Crippen molar-refractivity contribution in [1.29, 1.82) is 0 Å². The van der Waals surface area contributed by atoms with E-state index in [2.05, 4.69) is 32.2 Å². The van der Waals surface area contributed by atoms with Crippen LogP contribution in [-0.4, -0.2) is 51.7 Å². The topological polar surface area (TPSA) is 88.1 Å². The molecule has 0 aliphatic carbocycles. The van der Waals surface area contributed by atoms with Crippen molar-refractivity contribution in [3.05, 3.63) is 48.7 Å². The minimum absolute atomic E-state index is 0.130. The van der Waals surface area contributed by atoms with E-state index in [0.717, 1.165) is 53.7 Å². The van der Waals surface area contributed by atoms with Crippen LogP contribution in [0.1, 0.15) is 25.5 Å². The van der Waals surface area contributed by atoms with Crippen LogP contribution in [-0.2, 0) is 16.0 Å². The van der Waals surface area contributed by atoms with E-state index in [-0.39, 0.29) is 17.6 Å². The smallest absolute Gasteiger partial charge is 0.221 e. The quantitative estimate of drug-likeness (QED) is 0.704. The fourth-order valence-electron chi connectivity index (χ4n) is 3.85. The Morgan fingerprint density at radius 1 is 1.03 bits per heavy atom. The van der Waals surface area contributed by atoms with Gasteiger partial charge < -0.3 is 10.2 Å². The van der Waals surface area contributed by atoms with E-state index in [0.29, 0.717) is 12.1 Å². The summed E-state index contributed by atoms with van der Waals surface area (Å²) in [6.45, 7) is 3.41. The molecule has 30 heavy (non-hydrogen) atoms. The Bertz CT molecular complexity index is 1090. The first kappa shape index (κ1) is 20.1. The summed E-state index contributed by atoms with van der Waals surface area (Å²) in [4.78, 5) is 39.4. The zero-order chi connectivity index (χ0) is 21.1. The third-order valence-electron chi connectivity index (χ3n) is 5.55. The maximum absolute atomic E-state index is 12.7. The van der Waals surface area contributed by atoms with Crippen LogP contribution in [0.25, 0.3) is 22.0 Å². The van der Waals surface area contributed by atoms with E-state index in [1.54, 1.807) is 24.8 Å². The van der Waals surface area contributed by atoms with Crippen molar-refractivity contribution in [3.8, 4) is 11.1 Å². The SMILES string of the molecule is CC(=O)Nc1cncc(-c2cnc3cnc(CC(=O)C4CCN(C)CC4)cc3c2)c1. The molecule has 0 radical (unpaired) electrons. The largest absolute Gasteiger partial charge is 0.325 e. The second-order valence-corrected chi connectivity index (χ2v) is 7.96. The lowest BCUT2D eigenvalue weighted by Crippen LogP contribution is -2.34. The van der Waals surface area contributed by atoms with E-state index in [1.165, 1.54) is 6.92 Å². The monoisotopic (exact) mass is 403 g/mol. The van der Waals surface area contributed by atoms with E-state index in [9.17, 15) is 9.59 Å². The molecule has 1 N–H and O–H groups in total. The number of hydrogen-bond acceptors (Lipinski definition) is 6. The summed E-state index contributed by atoms with van der Waals surface area (Å²) in [5, 5.41) is 3.67. The highest BCUT2D eigenvalue weighted by Gasteiger charge is 2.23. The van der Waals surface area contributed by atoms with Crippen molar-refractivity contribution in [2.75, 3.05) is 25.5 Å². The summed E-state index contributed by atoms with van der Waals surface area (Å²) in [6, 6.07) is 5.83. The molecular formula is C23H25N5O2. The Kier molecular flexibility index (Phi) is 5.81. The molecule has 4 rings (SSSR count). The second kappa shape index (κ2) is 8.67. The highest BCUT2D eigenvalue weighted by molar-refractivity contribution is 5.90.